The van der Waals surface area contributed by atoms with E-state index in [-0.39, 0.29) is 21.0 Å². The van der Waals surface area contributed by atoms with Crippen molar-refractivity contribution in [1.82, 2.24) is 0 Å². The number of carbonyl (C=O) groups is 2. The molecule has 0 rings (SSSR count). The highest BCUT2D eigenvalue weighted by molar-refractivity contribution is 6.36. The quantitative estimate of drug-likeness (QED) is 0.267. The van der Waals surface area contributed by atoms with E-state index in [1.165, 1.54) is 0 Å². The summed E-state index contributed by atoms with van der Waals surface area (Å²) in [4.78, 5) is 20.2. The monoisotopic (exact) mass is 150 g/mol. The Labute approximate surface area is 52.2 Å². The Morgan fingerprint density at radius 3 is 1.38 bits per heavy atom. The number of hydrogen-bond acceptors (Lipinski definition) is 4. The molecule has 0 saturated carbocycles. The summed E-state index contributed by atoms with van der Waals surface area (Å²) in [6.45, 7) is 0. The molecule has 0 bridgehead atoms. The minimum Gasteiger partial charge on any atom is -0.521 e. The van der Waals surface area contributed by atoms with E-state index in [1.54, 1.807) is 0 Å². The number of carbonyl (C=O) groups excluding carboxylic acids is 2. The molecule has 4 nitrogen and oxygen atoms in total. The maximum absolute atomic E-state index is 10.1. The van der Waals surface area contributed by atoms with Crippen LogP contribution in [0.5, 0.6) is 0 Å². The van der Waals surface area contributed by atoms with Gasteiger partial charge in [-0.2, -0.15) is 0 Å². The molecule has 0 aliphatic rings. The summed E-state index contributed by atoms with van der Waals surface area (Å²) in [6, 6.07) is 0. The second kappa shape index (κ2) is 3.39. The standard InChI is InChI=1S/C2H6O4Si2/c3-1(5-7)2(4)6-8/h7-8H3. The van der Waals surface area contributed by atoms with Crippen LogP contribution in [0.4, 0.5) is 0 Å². The number of rotatable bonds is 0. The topological polar surface area (TPSA) is 52.6 Å². The summed E-state index contributed by atoms with van der Waals surface area (Å²) in [5.41, 5.74) is 0. The molecule has 0 aromatic heterocycles. The predicted molar refractivity (Wildman–Crippen MR) is 32.1 cm³/mol. The van der Waals surface area contributed by atoms with Crippen LogP contribution in [-0.2, 0) is 18.4 Å². The molecule has 0 unspecified atom stereocenters. The van der Waals surface area contributed by atoms with Crippen LogP contribution in [0, 0.1) is 0 Å². The van der Waals surface area contributed by atoms with Crippen molar-refractivity contribution < 1.29 is 18.4 Å². The Bertz CT molecular complexity index is 96.6. The molecule has 0 heterocycles. The van der Waals surface area contributed by atoms with Gasteiger partial charge in [0.05, 0.1) is 0 Å². The third-order valence-corrected chi connectivity index (χ3v) is 1.28. The molecule has 0 radical (unpaired) electrons. The first-order valence-corrected chi connectivity index (χ1v) is 3.52. The van der Waals surface area contributed by atoms with Crippen molar-refractivity contribution in [3.63, 3.8) is 0 Å². The van der Waals surface area contributed by atoms with Crippen LogP contribution in [0.1, 0.15) is 0 Å². The van der Waals surface area contributed by atoms with Crippen LogP contribution < -0.4 is 0 Å². The van der Waals surface area contributed by atoms with Gasteiger partial charge in [0.25, 0.3) is 0 Å². The van der Waals surface area contributed by atoms with Gasteiger partial charge in [-0.3, -0.25) is 0 Å². The van der Waals surface area contributed by atoms with Gasteiger partial charge in [0.1, 0.15) is 0 Å². The zero-order valence-corrected chi connectivity index (χ0v) is 8.63. The van der Waals surface area contributed by atoms with Gasteiger partial charge >= 0.3 is 11.9 Å². The van der Waals surface area contributed by atoms with E-state index in [1.807, 2.05) is 0 Å². The minimum absolute atomic E-state index is 0.240. The summed E-state index contributed by atoms with van der Waals surface area (Å²) < 4.78 is 8.30. The van der Waals surface area contributed by atoms with Gasteiger partial charge < -0.3 is 8.85 Å². The predicted octanol–water partition coefficient (Wildman–Crippen LogP) is -3.37. The third-order valence-electron chi connectivity index (χ3n) is 0.537. The normalized spacial score (nSPS) is 8.50. The Kier molecular flexibility index (Phi) is 3.12. The van der Waals surface area contributed by atoms with Gasteiger partial charge in [-0.25, -0.2) is 9.59 Å². The molecule has 0 saturated heterocycles. The van der Waals surface area contributed by atoms with Gasteiger partial charge in [-0.1, -0.05) is 0 Å². The van der Waals surface area contributed by atoms with E-state index >= 15 is 0 Å². The minimum atomic E-state index is -0.883. The van der Waals surface area contributed by atoms with Crippen LogP contribution in [-0.4, -0.2) is 32.9 Å². The molecule has 0 aromatic carbocycles. The first-order valence-electron chi connectivity index (χ1n) is 1.88. The maximum Gasteiger partial charge on any atom is 0.402 e. The fourth-order valence-electron chi connectivity index (χ4n) is 0.167. The van der Waals surface area contributed by atoms with Gasteiger partial charge in [0.2, 0.25) is 21.0 Å². The largest absolute Gasteiger partial charge is 0.521 e. The Morgan fingerprint density at radius 2 is 1.25 bits per heavy atom. The zero-order chi connectivity index (χ0) is 6.57. The van der Waals surface area contributed by atoms with E-state index < -0.39 is 11.9 Å². The van der Waals surface area contributed by atoms with E-state index in [0.29, 0.717) is 0 Å². The first-order chi connectivity index (χ1) is 3.72. The average Bonchev–Trinajstić information content (AvgIpc) is 1.84. The SMILES string of the molecule is O=C(O[SiH3])C(=O)O[SiH3]. The molecular weight excluding hydrogens is 144 g/mol. The lowest BCUT2D eigenvalue weighted by Crippen LogP contribution is -2.17. The maximum atomic E-state index is 10.1. The fraction of sp³-hybridized carbons (Fsp3) is 0. The Morgan fingerprint density at radius 1 is 1.00 bits per heavy atom. The molecule has 0 amide bonds. The van der Waals surface area contributed by atoms with Crippen LogP contribution in [0.25, 0.3) is 0 Å². The number of hydrogen-bond donors (Lipinski definition) is 0. The second-order valence-electron chi connectivity index (χ2n) is 0.983. The summed E-state index contributed by atoms with van der Waals surface area (Å²) in [5, 5.41) is 0. The summed E-state index contributed by atoms with van der Waals surface area (Å²) in [7, 11) is 0.481. The molecule has 0 atom stereocenters. The lowest BCUT2D eigenvalue weighted by Gasteiger charge is -1.94. The Hall–Kier alpha value is -0.626. The van der Waals surface area contributed by atoms with Crippen LogP contribution >= 0.6 is 0 Å². The second-order valence-corrected chi connectivity index (χ2v) is 1.80. The molecule has 0 N–H and O–H groups in total. The molecular formula is C2H6O4Si2. The van der Waals surface area contributed by atoms with Crippen molar-refractivity contribution in [3.05, 3.63) is 0 Å². The van der Waals surface area contributed by atoms with Crippen LogP contribution in [0.15, 0.2) is 0 Å². The first kappa shape index (κ1) is 7.37. The zero-order valence-electron chi connectivity index (χ0n) is 4.63. The molecule has 8 heavy (non-hydrogen) atoms. The lowest BCUT2D eigenvalue weighted by atomic mass is 10.7. The van der Waals surface area contributed by atoms with Crippen molar-refractivity contribution in [3.8, 4) is 0 Å². The van der Waals surface area contributed by atoms with Crippen molar-refractivity contribution in [2.24, 2.45) is 0 Å². The molecule has 0 aromatic rings. The van der Waals surface area contributed by atoms with Gasteiger partial charge in [-0.15, -0.1) is 0 Å². The lowest BCUT2D eigenvalue weighted by molar-refractivity contribution is -0.155. The van der Waals surface area contributed by atoms with E-state index in [4.69, 9.17) is 0 Å². The molecule has 0 fully saturated rings. The molecule has 0 aliphatic heterocycles. The van der Waals surface area contributed by atoms with E-state index in [2.05, 4.69) is 8.85 Å². The van der Waals surface area contributed by atoms with Crippen molar-refractivity contribution >= 4 is 32.9 Å². The Balaban J connectivity index is 3.64. The highest BCUT2D eigenvalue weighted by Gasteiger charge is 2.10. The van der Waals surface area contributed by atoms with E-state index in [0.717, 1.165) is 0 Å². The summed E-state index contributed by atoms with van der Waals surface area (Å²) >= 11 is 0. The fourth-order valence-corrected chi connectivity index (χ4v) is 0.500. The highest BCUT2D eigenvalue weighted by Crippen LogP contribution is 1.74. The third kappa shape index (κ3) is 1.89. The summed E-state index contributed by atoms with van der Waals surface area (Å²) in [5.74, 6) is -1.77. The molecule has 0 aliphatic carbocycles. The van der Waals surface area contributed by atoms with Gasteiger partial charge in [0, 0.05) is 0 Å². The molecule has 46 valence electrons. The summed E-state index contributed by atoms with van der Waals surface area (Å²) in [6.07, 6.45) is 0. The van der Waals surface area contributed by atoms with Crippen molar-refractivity contribution in [2.45, 2.75) is 0 Å². The smallest absolute Gasteiger partial charge is 0.402 e. The van der Waals surface area contributed by atoms with Gasteiger partial charge in [-0.05, 0) is 0 Å². The van der Waals surface area contributed by atoms with Gasteiger partial charge in [0.15, 0.2) is 0 Å². The van der Waals surface area contributed by atoms with Crippen LogP contribution in [0.3, 0.4) is 0 Å². The highest BCUT2D eigenvalue weighted by atomic mass is 28.2. The molecule has 0 spiro atoms. The van der Waals surface area contributed by atoms with Crippen molar-refractivity contribution in [1.29, 1.82) is 0 Å². The average molecular weight is 150 g/mol. The van der Waals surface area contributed by atoms with Crippen LogP contribution in [0.2, 0.25) is 0 Å². The van der Waals surface area contributed by atoms with E-state index in [9.17, 15) is 9.59 Å². The molecule has 6 heteroatoms. The van der Waals surface area contributed by atoms with Crippen molar-refractivity contribution in [2.75, 3.05) is 0 Å².